The van der Waals surface area contributed by atoms with E-state index < -0.39 is 11.6 Å². The zero-order chi connectivity index (χ0) is 29.3. The molecule has 0 spiro atoms. The van der Waals surface area contributed by atoms with Gasteiger partial charge in [-0.15, -0.1) is 10.2 Å². The monoisotopic (exact) mass is 558 g/mol. The normalized spacial score (nSPS) is 13.7. The molecular weight excluding hydrogens is 520 g/mol. The fourth-order valence-electron chi connectivity index (χ4n) is 5.74. The lowest BCUT2D eigenvalue weighted by Gasteiger charge is -2.25. The number of H-pyrrole nitrogens is 1. The zero-order valence-corrected chi connectivity index (χ0v) is 24.5. The summed E-state index contributed by atoms with van der Waals surface area (Å²) in [6, 6.07) is 25.0. The molecule has 0 aliphatic heterocycles. The lowest BCUT2D eigenvalue weighted by Crippen LogP contribution is -2.50. The van der Waals surface area contributed by atoms with Crippen LogP contribution in [0.25, 0.3) is 16.5 Å². The maximum absolute atomic E-state index is 13.3. The maximum atomic E-state index is 13.3. The van der Waals surface area contributed by atoms with Crippen LogP contribution < -0.4 is 11.1 Å². The maximum Gasteiger partial charge on any atom is 0.240 e. The number of nitrogens with two attached hydrogens (primary N) is 1. The fraction of sp³-hybridized carbons (Fsp3) is 0.286. The Bertz CT molecular complexity index is 1750. The molecule has 0 saturated heterocycles. The number of aryl methyl sites for hydroxylation is 3. The van der Waals surface area contributed by atoms with Gasteiger partial charge < -0.3 is 20.6 Å². The predicted octanol–water partition coefficient (Wildman–Crippen LogP) is 5.83. The minimum atomic E-state index is -1.03. The van der Waals surface area contributed by atoms with E-state index in [1.165, 1.54) is 33.2 Å². The van der Waals surface area contributed by atoms with E-state index in [0.29, 0.717) is 13.0 Å². The SMILES string of the molecule is Cc1ccc(Cn2c(CCc3c[nH]c4ccccc34)nnc2[C@@H](CC2=CCc3ccccc32)NC(=O)C(C)(C)N)cc1. The number of nitrogens with one attached hydrogen (secondary N) is 2. The Morgan fingerprint density at radius 2 is 1.79 bits per heavy atom. The summed E-state index contributed by atoms with van der Waals surface area (Å²) >= 11 is 0. The van der Waals surface area contributed by atoms with Gasteiger partial charge in [0.05, 0.1) is 18.1 Å². The van der Waals surface area contributed by atoms with Gasteiger partial charge in [0, 0.05) is 29.9 Å². The van der Waals surface area contributed by atoms with Crippen molar-refractivity contribution < 1.29 is 4.79 Å². The number of amides is 1. The van der Waals surface area contributed by atoms with Crippen LogP contribution in [0.1, 0.15) is 65.8 Å². The van der Waals surface area contributed by atoms with Crippen LogP contribution in [0.4, 0.5) is 0 Å². The number of allylic oxidation sites excluding steroid dienone is 1. The number of aromatic amines is 1. The van der Waals surface area contributed by atoms with E-state index in [4.69, 9.17) is 15.9 Å². The first-order valence-corrected chi connectivity index (χ1v) is 14.7. The standard InChI is InChI=1S/C35H38N6O/c1-23-12-14-24(15-13-23)22-41-32(19-18-27-21-37-30-11-7-6-10-29(27)30)39-40-33(41)31(38-34(42)35(2,3)36)20-26-17-16-25-8-4-5-9-28(25)26/h4-15,17,21,31,37H,16,18-20,22,36H2,1-3H3,(H,38,42)/t31-/m1/s1. The lowest BCUT2D eigenvalue weighted by molar-refractivity contribution is -0.126. The van der Waals surface area contributed by atoms with Crippen molar-refractivity contribution >= 4 is 22.4 Å². The van der Waals surface area contributed by atoms with Gasteiger partial charge in [0.2, 0.25) is 5.91 Å². The van der Waals surface area contributed by atoms with Crippen molar-refractivity contribution in [2.75, 3.05) is 0 Å². The molecule has 0 saturated carbocycles. The van der Waals surface area contributed by atoms with Crippen molar-refractivity contribution in [3.05, 3.63) is 125 Å². The van der Waals surface area contributed by atoms with Gasteiger partial charge in [0.15, 0.2) is 5.82 Å². The highest BCUT2D eigenvalue weighted by Crippen LogP contribution is 2.34. The summed E-state index contributed by atoms with van der Waals surface area (Å²) < 4.78 is 2.19. The van der Waals surface area contributed by atoms with Gasteiger partial charge in [-0.05, 0) is 67.5 Å². The quantitative estimate of drug-likeness (QED) is 0.201. The molecule has 0 fully saturated rings. The third-order valence-corrected chi connectivity index (χ3v) is 8.17. The predicted molar refractivity (Wildman–Crippen MR) is 168 cm³/mol. The Hall–Kier alpha value is -4.49. The first-order valence-electron chi connectivity index (χ1n) is 14.7. The molecule has 7 nitrogen and oxygen atoms in total. The Kier molecular flexibility index (Phi) is 7.52. The molecule has 1 atom stereocenters. The Morgan fingerprint density at radius 1 is 1.02 bits per heavy atom. The molecule has 2 heterocycles. The number of aromatic nitrogens is 4. The molecule has 6 rings (SSSR count). The smallest absolute Gasteiger partial charge is 0.240 e. The molecule has 4 N–H and O–H groups in total. The average Bonchev–Trinajstić information content (AvgIpc) is 3.69. The van der Waals surface area contributed by atoms with Crippen LogP contribution in [0.15, 0.2) is 85.1 Å². The fourth-order valence-corrected chi connectivity index (χ4v) is 5.74. The van der Waals surface area contributed by atoms with Gasteiger partial charge in [0.25, 0.3) is 0 Å². The van der Waals surface area contributed by atoms with Crippen LogP contribution in [0.5, 0.6) is 0 Å². The van der Waals surface area contributed by atoms with Crippen LogP contribution in [-0.4, -0.2) is 31.2 Å². The van der Waals surface area contributed by atoms with Crippen LogP contribution in [0.3, 0.4) is 0 Å². The van der Waals surface area contributed by atoms with Crippen molar-refractivity contribution in [2.45, 2.75) is 64.6 Å². The summed E-state index contributed by atoms with van der Waals surface area (Å²) in [5.41, 5.74) is 13.7. The Morgan fingerprint density at radius 3 is 2.60 bits per heavy atom. The molecule has 1 aliphatic rings. The highest BCUT2D eigenvalue weighted by molar-refractivity contribution is 5.86. The number of hydrogen-bond acceptors (Lipinski definition) is 4. The van der Waals surface area contributed by atoms with Gasteiger partial charge in [-0.25, -0.2) is 0 Å². The third kappa shape index (κ3) is 5.78. The van der Waals surface area contributed by atoms with Crippen molar-refractivity contribution in [1.29, 1.82) is 0 Å². The summed E-state index contributed by atoms with van der Waals surface area (Å²) in [4.78, 5) is 16.7. The second-order valence-corrected chi connectivity index (χ2v) is 11.9. The van der Waals surface area contributed by atoms with E-state index >= 15 is 0 Å². The second-order valence-electron chi connectivity index (χ2n) is 11.9. The minimum absolute atomic E-state index is 0.218. The van der Waals surface area contributed by atoms with E-state index in [-0.39, 0.29) is 5.91 Å². The molecule has 1 aliphatic carbocycles. The van der Waals surface area contributed by atoms with Crippen molar-refractivity contribution in [3.63, 3.8) is 0 Å². The molecule has 0 radical (unpaired) electrons. The summed E-state index contributed by atoms with van der Waals surface area (Å²) in [7, 11) is 0. The van der Waals surface area contributed by atoms with Crippen LogP contribution >= 0.6 is 0 Å². The van der Waals surface area contributed by atoms with Gasteiger partial charge in [-0.3, -0.25) is 4.79 Å². The largest absolute Gasteiger partial charge is 0.361 e. The molecule has 42 heavy (non-hydrogen) atoms. The zero-order valence-electron chi connectivity index (χ0n) is 24.5. The van der Waals surface area contributed by atoms with E-state index in [1.807, 2.05) is 6.07 Å². The third-order valence-electron chi connectivity index (χ3n) is 8.17. The first kappa shape index (κ1) is 27.7. The topological polar surface area (TPSA) is 102 Å². The van der Waals surface area contributed by atoms with E-state index in [1.54, 1.807) is 13.8 Å². The van der Waals surface area contributed by atoms with Gasteiger partial charge in [-0.1, -0.05) is 78.4 Å². The molecular formula is C35H38N6O. The summed E-state index contributed by atoms with van der Waals surface area (Å²) in [5, 5.41) is 13.9. The number of carbonyl (C=O) groups is 1. The lowest BCUT2D eigenvalue weighted by atomic mass is 9.98. The van der Waals surface area contributed by atoms with E-state index in [0.717, 1.165) is 42.0 Å². The molecule has 214 valence electrons. The first-order chi connectivity index (χ1) is 20.3. The number of hydrogen-bond donors (Lipinski definition) is 3. The molecule has 3 aromatic carbocycles. The second kappa shape index (κ2) is 11.4. The molecule has 1 amide bonds. The van der Waals surface area contributed by atoms with Crippen LogP contribution in [-0.2, 0) is 30.6 Å². The number of benzene rings is 3. The Balaban J connectivity index is 1.36. The Labute approximate surface area is 246 Å². The number of fused-ring (bicyclic) bond motifs is 2. The number of para-hydroxylation sites is 1. The van der Waals surface area contributed by atoms with Crippen molar-refractivity contribution in [3.8, 4) is 0 Å². The molecule has 7 heteroatoms. The summed E-state index contributed by atoms with van der Waals surface area (Å²) in [5.74, 6) is 1.42. The number of carbonyl (C=O) groups excluding carboxylic acids is 1. The molecule has 0 bridgehead atoms. The van der Waals surface area contributed by atoms with E-state index in [9.17, 15) is 4.79 Å². The molecule has 0 unspecified atom stereocenters. The minimum Gasteiger partial charge on any atom is -0.361 e. The van der Waals surface area contributed by atoms with Crippen LogP contribution in [0.2, 0.25) is 0 Å². The molecule has 2 aromatic heterocycles. The number of nitrogens with zero attached hydrogens (tertiary/aromatic N) is 3. The van der Waals surface area contributed by atoms with Gasteiger partial charge in [0.1, 0.15) is 5.82 Å². The van der Waals surface area contributed by atoms with Gasteiger partial charge in [-0.2, -0.15) is 0 Å². The van der Waals surface area contributed by atoms with Crippen LogP contribution in [0, 0.1) is 6.92 Å². The highest BCUT2D eigenvalue weighted by atomic mass is 16.2. The van der Waals surface area contributed by atoms with Gasteiger partial charge >= 0.3 is 0 Å². The van der Waals surface area contributed by atoms with Crippen molar-refractivity contribution in [1.82, 2.24) is 25.1 Å². The summed E-state index contributed by atoms with van der Waals surface area (Å²) in [6.07, 6.45) is 7.38. The molecule has 5 aromatic rings. The van der Waals surface area contributed by atoms with Crippen molar-refractivity contribution in [2.24, 2.45) is 5.73 Å². The number of rotatable bonds is 10. The average molecular weight is 559 g/mol. The van der Waals surface area contributed by atoms with E-state index in [2.05, 4.69) is 101 Å². The highest BCUT2D eigenvalue weighted by Gasteiger charge is 2.30. The summed E-state index contributed by atoms with van der Waals surface area (Å²) in [6.45, 7) is 6.16.